The van der Waals surface area contributed by atoms with Crippen molar-refractivity contribution in [1.29, 1.82) is 0 Å². The Hall–Kier alpha value is -2.61. The molecule has 1 saturated heterocycles. The highest BCUT2D eigenvalue weighted by atomic mass is 19.4. The Kier molecular flexibility index (Phi) is 4.51. The standard InChI is InChI=1S/C19H19F3N4O/c1-26-9-2-3-14(11-26)23-18-17-15(8-10-27-17)16(24-25-18)12-4-6-13(7-5-12)19(20,21)22/h4-8,10,14H,2-3,9,11H2,1H3,(H,23,25)/t14-/m1/s1. The predicted molar refractivity (Wildman–Crippen MR) is 96.4 cm³/mol. The number of likely N-dealkylation sites (N-methyl/N-ethyl adjacent to an activating group) is 1. The number of aromatic nitrogens is 2. The number of nitrogens with zero attached hydrogens (tertiary/aromatic N) is 3. The molecule has 4 rings (SSSR count). The highest BCUT2D eigenvalue weighted by Crippen LogP contribution is 2.34. The molecular weight excluding hydrogens is 357 g/mol. The van der Waals surface area contributed by atoms with E-state index < -0.39 is 11.7 Å². The third-order valence-corrected chi connectivity index (χ3v) is 4.84. The van der Waals surface area contributed by atoms with Gasteiger partial charge in [-0.15, -0.1) is 10.2 Å². The van der Waals surface area contributed by atoms with Gasteiger partial charge in [-0.1, -0.05) is 12.1 Å². The minimum atomic E-state index is -4.36. The summed E-state index contributed by atoms with van der Waals surface area (Å²) in [6.07, 6.45) is -0.683. The summed E-state index contributed by atoms with van der Waals surface area (Å²) in [5.74, 6) is 0.561. The van der Waals surface area contributed by atoms with Crippen LogP contribution < -0.4 is 5.32 Å². The number of benzene rings is 1. The molecule has 2 aromatic heterocycles. The van der Waals surface area contributed by atoms with Crippen LogP contribution in [-0.4, -0.2) is 41.3 Å². The number of alkyl halides is 3. The number of anilines is 1. The molecule has 1 aliphatic heterocycles. The van der Waals surface area contributed by atoms with Crippen LogP contribution in [0.25, 0.3) is 22.2 Å². The van der Waals surface area contributed by atoms with Gasteiger partial charge in [0.1, 0.15) is 5.69 Å². The van der Waals surface area contributed by atoms with Crippen molar-refractivity contribution in [3.63, 3.8) is 0 Å². The molecule has 0 bridgehead atoms. The zero-order valence-electron chi connectivity index (χ0n) is 14.8. The van der Waals surface area contributed by atoms with Gasteiger partial charge in [0.15, 0.2) is 11.4 Å². The molecule has 1 fully saturated rings. The Labute approximate surface area is 154 Å². The average molecular weight is 376 g/mol. The maximum atomic E-state index is 12.8. The summed E-state index contributed by atoms with van der Waals surface area (Å²) in [4.78, 5) is 2.25. The number of hydrogen-bond donors (Lipinski definition) is 1. The van der Waals surface area contributed by atoms with E-state index in [1.165, 1.54) is 12.1 Å². The number of likely N-dealkylation sites (tertiary alicyclic amines) is 1. The van der Waals surface area contributed by atoms with E-state index in [9.17, 15) is 13.2 Å². The normalized spacial score (nSPS) is 18.7. The highest BCUT2D eigenvalue weighted by Gasteiger charge is 2.30. The third-order valence-electron chi connectivity index (χ3n) is 4.84. The molecule has 1 N–H and O–H groups in total. The fourth-order valence-electron chi connectivity index (χ4n) is 3.48. The fraction of sp³-hybridized carbons (Fsp3) is 0.368. The first kappa shape index (κ1) is 17.8. The Morgan fingerprint density at radius 2 is 1.93 bits per heavy atom. The SMILES string of the molecule is CN1CCC[C@@H](Nc2nnc(-c3ccc(C(F)(F)F)cc3)c3ccoc23)C1. The van der Waals surface area contributed by atoms with Crippen LogP contribution in [0, 0.1) is 0 Å². The second-order valence-corrected chi connectivity index (χ2v) is 6.88. The zero-order valence-corrected chi connectivity index (χ0v) is 14.8. The van der Waals surface area contributed by atoms with Crippen LogP contribution in [0.15, 0.2) is 41.0 Å². The molecule has 0 spiro atoms. The van der Waals surface area contributed by atoms with Crippen LogP contribution in [-0.2, 0) is 6.18 Å². The molecule has 0 aliphatic carbocycles. The van der Waals surface area contributed by atoms with Crippen molar-refractivity contribution in [2.75, 3.05) is 25.5 Å². The Morgan fingerprint density at radius 1 is 1.15 bits per heavy atom. The Morgan fingerprint density at radius 3 is 2.63 bits per heavy atom. The monoisotopic (exact) mass is 376 g/mol. The van der Waals surface area contributed by atoms with E-state index in [1.807, 2.05) is 0 Å². The minimum Gasteiger partial charge on any atom is -0.460 e. The number of fused-ring (bicyclic) bond motifs is 1. The van der Waals surface area contributed by atoms with E-state index in [1.54, 1.807) is 12.3 Å². The lowest BCUT2D eigenvalue weighted by Crippen LogP contribution is -2.39. The number of furan rings is 1. The molecule has 142 valence electrons. The van der Waals surface area contributed by atoms with Gasteiger partial charge in [0.05, 0.1) is 17.2 Å². The lowest BCUT2D eigenvalue weighted by molar-refractivity contribution is -0.137. The van der Waals surface area contributed by atoms with Crippen molar-refractivity contribution >= 4 is 16.8 Å². The molecule has 0 radical (unpaired) electrons. The summed E-state index contributed by atoms with van der Waals surface area (Å²) >= 11 is 0. The van der Waals surface area contributed by atoms with Crippen molar-refractivity contribution in [3.05, 3.63) is 42.2 Å². The molecule has 1 atom stereocenters. The van der Waals surface area contributed by atoms with E-state index in [4.69, 9.17) is 4.42 Å². The predicted octanol–water partition coefficient (Wildman–Crippen LogP) is 4.41. The van der Waals surface area contributed by atoms with E-state index in [0.29, 0.717) is 22.7 Å². The zero-order chi connectivity index (χ0) is 19.0. The van der Waals surface area contributed by atoms with Crippen molar-refractivity contribution in [1.82, 2.24) is 15.1 Å². The van der Waals surface area contributed by atoms with Crippen LogP contribution in [0.5, 0.6) is 0 Å². The molecule has 3 heterocycles. The van der Waals surface area contributed by atoms with Crippen molar-refractivity contribution in [2.24, 2.45) is 0 Å². The molecule has 0 unspecified atom stereocenters. The maximum absolute atomic E-state index is 12.8. The van der Waals surface area contributed by atoms with Gasteiger partial charge in [-0.3, -0.25) is 0 Å². The first-order chi connectivity index (χ1) is 12.9. The first-order valence-electron chi connectivity index (χ1n) is 8.78. The van der Waals surface area contributed by atoms with Crippen LogP contribution in [0.4, 0.5) is 19.0 Å². The van der Waals surface area contributed by atoms with Gasteiger partial charge < -0.3 is 14.6 Å². The lowest BCUT2D eigenvalue weighted by atomic mass is 10.1. The Bertz CT molecular complexity index is 936. The van der Waals surface area contributed by atoms with Gasteiger partial charge in [0.25, 0.3) is 0 Å². The number of nitrogens with one attached hydrogen (secondary N) is 1. The van der Waals surface area contributed by atoms with Crippen molar-refractivity contribution < 1.29 is 17.6 Å². The van der Waals surface area contributed by atoms with Crippen molar-refractivity contribution in [3.8, 4) is 11.3 Å². The molecule has 27 heavy (non-hydrogen) atoms. The Balaban J connectivity index is 1.65. The van der Waals surface area contributed by atoms with Crippen molar-refractivity contribution in [2.45, 2.75) is 25.1 Å². The van der Waals surface area contributed by atoms with Gasteiger partial charge in [0.2, 0.25) is 0 Å². The molecule has 1 aliphatic rings. The molecule has 8 heteroatoms. The second kappa shape index (κ2) is 6.84. The van der Waals surface area contributed by atoms with E-state index in [2.05, 4.69) is 27.5 Å². The number of halogens is 3. The molecular formula is C19H19F3N4O. The largest absolute Gasteiger partial charge is 0.460 e. The fourth-order valence-corrected chi connectivity index (χ4v) is 3.48. The molecule has 0 amide bonds. The molecule has 0 saturated carbocycles. The van der Waals surface area contributed by atoms with Gasteiger partial charge in [0, 0.05) is 18.2 Å². The lowest BCUT2D eigenvalue weighted by Gasteiger charge is -2.30. The average Bonchev–Trinajstić information content (AvgIpc) is 3.12. The van der Waals surface area contributed by atoms with Gasteiger partial charge >= 0.3 is 6.18 Å². The minimum absolute atomic E-state index is 0.253. The highest BCUT2D eigenvalue weighted by molar-refractivity contribution is 5.96. The molecule has 5 nitrogen and oxygen atoms in total. The van der Waals surface area contributed by atoms with E-state index in [-0.39, 0.29) is 6.04 Å². The third kappa shape index (κ3) is 3.62. The maximum Gasteiger partial charge on any atom is 0.416 e. The number of piperidine rings is 1. The first-order valence-corrected chi connectivity index (χ1v) is 8.78. The quantitative estimate of drug-likeness (QED) is 0.734. The van der Waals surface area contributed by atoms with Crippen LogP contribution >= 0.6 is 0 Å². The second-order valence-electron chi connectivity index (χ2n) is 6.88. The van der Waals surface area contributed by atoms with Gasteiger partial charge in [-0.05, 0) is 44.6 Å². The molecule has 3 aromatic rings. The van der Waals surface area contributed by atoms with Crippen LogP contribution in [0.1, 0.15) is 18.4 Å². The van der Waals surface area contributed by atoms with Gasteiger partial charge in [-0.2, -0.15) is 13.2 Å². The summed E-state index contributed by atoms with van der Waals surface area (Å²) in [5, 5.41) is 12.6. The molecule has 1 aromatic carbocycles. The summed E-state index contributed by atoms with van der Waals surface area (Å²) < 4.78 is 43.9. The summed E-state index contributed by atoms with van der Waals surface area (Å²) in [7, 11) is 2.08. The summed E-state index contributed by atoms with van der Waals surface area (Å²) in [5.41, 5.74) is 0.931. The summed E-state index contributed by atoms with van der Waals surface area (Å²) in [6.45, 7) is 1.98. The van der Waals surface area contributed by atoms with E-state index >= 15 is 0 Å². The number of rotatable bonds is 3. The van der Waals surface area contributed by atoms with Crippen LogP contribution in [0.2, 0.25) is 0 Å². The van der Waals surface area contributed by atoms with E-state index in [0.717, 1.165) is 43.5 Å². The van der Waals surface area contributed by atoms with Crippen LogP contribution in [0.3, 0.4) is 0 Å². The smallest absolute Gasteiger partial charge is 0.416 e. The number of hydrogen-bond acceptors (Lipinski definition) is 5. The van der Waals surface area contributed by atoms with Gasteiger partial charge in [-0.25, -0.2) is 0 Å². The summed E-state index contributed by atoms with van der Waals surface area (Å²) in [6, 6.07) is 6.92. The topological polar surface area (TPSA) is 54.2 Å².